The van der Waals surface area contributed by atoms with Gasteiger partial charge in [0.2, 0.25) is 0 Å². The molecule has 0 aliphatic rings. The largest absolute Gasteiger partial charge is 0.494 e. The Morgan fingerprint density at radius 3 is 2.08 bits per heavy atom. The third-order valence-corrected chi connectivity index (χ3v) is 3.72. The van der Waals surface area contributed by atoms with Gasteiger partial charge in [-0.25, -0.2) is 4.79 Å². The van der Waals surface area contributed by atoms with Crippen LogP contribution in [0.4, 0.5) is 0 Å². The second kappa shape index (κ2) is 9.46. The quantitative estimate of drug-likeness (QED) is 0.680. The molecule has 2 rings (SSSR count). The van der Waals surface area contributed by atoms with Crippen molar-refractivity contribution in [1.82, 2.24) is 4.90 Å². The fraction of sp³-hybridized carbons (Fsp3) is 0.300. The van der Waals surface area contributed by atoms with Gasteiger partial charge in [-0.05, 0) is 48.9 Å². The van der Waals surface area contributed by atoms with Crippen LogP contribution in [0.15, 0.2) is 48.5 Å². The molecular weight excluding hydrogens is 334 g/mol. The number of carbonyl (C=O) groups is 2. The molecular formula is C20H23NO5. The number of benzene rings is 2. The summed E-state index contributed by atoms with van der Waals surface area (Å²) in [6, 6.07) is 14.1. The Morgan fingerprint density at radius 2 is 1.50 bits per heavy atom. The van der Waals surface area contributed by atoms with E-state index in [-0.39, 0.29) is 12.5 Å². The highest BCUT2D eigenvalue weighted by Gasteiger charge is 2.11. The van der Waals surface area contributed by atoms with Gasteiger partial charge in [0.05, 0.1) is 19.3 Å². The summed E-state index contributed by atoms with van der Waals surface area (Å²) < 4.78 is 15.5. The van der Waals surface area contributed by atoms with E-state index in [1.807, 2.05) is 31.2 Å². The highest BCUT2D eigenvalue weighted by Crippen LogP contribution is 2.15. The van der Waals surface area contributed by atoms with Crippen molar-refractivity contribution < 1.29 is 23.8 Å². The van der Waals surface area contributed by atoms with E-state index < -0.39 is 5.97 Å². The fourth-order valence-corrected chi connectivity index (χ4v) is 2.28. The Morgan fingerprint density at radius 1 is 0.923 bits per heavy atom. The number of rotatable bonds is 8. The van der Waals surface area contributed by atoms with Gasteiger partial charge in [0.15, 0.2) is 6.61 Å². The van der Waals surface area contributed by atoms with Crippen LogP contribution < -0.4 is 9.47 Å². The first-order valence-electron chi connectivity index (χ1n) is 8.30. The van der Waals surface area contributed by atoms with Crippen molar-refractivity contribution in [3.63, 3.8) is 0 Å². The predicted molar refractivity (Wildman–Crippen MR) is 97.4 cm³/mol. The molecule has 0 saturated heterocycles. The predicted octanol–water partition coefficient (Wildman–Crippen LogP) is 2.91. The summed E-state index contributed by atoms with van der Waals surface area (Å²) in [5.74, 6) is 0.767. The van der Waals surface area contributed by atoms with Gasteiger partial charge in [0.25, 0.3) is 5.91 Å². The minimum Gasteiger partial charge on any atom is -0.494 e. The number of carbonyl (C=O) groups excluding carboxylic acids is 2. The molecule has 0 atom stereocenters. The molecule has 6 heteroatoms. The normalized spacial score (nSPS) is 10.1. The molecule has 0 fully saturated rings. The highest BCUT2D eigenvalue weighted by atomic mass is 16.5. The van der Waals surface area contributed by atoms with E-state index in [0.29, 0.717) is 24.5 Å². The molecule has 0 heterocycles. The molecule has 0 aliphatic carbocycles. The third-order valence-electron chi connectivity index (χ3n) is 3.72. The van der Waals surface area contributed by atoms with Gasteiger partial charge in [-0.2, -0.15) is 0 Å². The van der Waals surface area contributed by atoms with Crippen LogP contribution in [0.3, 0.4) is 0 Å². The minimum absolute atomic E-state index is 0.0783. The molecule has 0 N–H and O–H groups in total. The lowest BCUT2D eigenvalue weighted by Crippen LogP contribution is -2.30. The van der Waals surface area contributed by atoms with Crippen LogP contribution in [0, 0.1) is 0 Å². The second-order valence-corrected chi connectivity index (χ2v) is 5.63. The zero-order valence-corrected chi connectivity index (χ0v) is 15.2. The zero-order chi connectivity index (χ0) is 18.9. The van der Waals surface area contributed by atoms with Gasteiger partial charge >= 0.3 is 5.97 Å². The smallest absolute Gasteiger partial charge is 0.337 e. The van der Waals surface area contributed by atoms with Crippen molar-refractivity contribution in [1.29, 1.82) is 0 Å². The number of nitrogens with zero attached hydrogens (tertiary/aromatic N) is 1. The van der Waals surface area contributed by atoms with Gasteiger partial charge in [0.1, 0.15) is 11.5 Å². The summed E-state index contributed by atoms with van der Waals surface area (Å²) in [5.41, 5.74) is 1.44. The van der Waals surface area contributed by atoms with Crippen LogP contribution in [0.25, 0.3) is 0 Å². The molecule has 2 aromatic rings. The Balaban J connectivity index is 1.83. The Bertz CT molecular complexity index is 725. The summed E-state index contributed by atoms with van der Waals surface area (Å²) in [4.78, 5) is 25.2. The summed E-state index contributed by atoms with van der Waals surface area (Å²) >= 11 is 0. The minimum atomic E-state index is -0.414. The van der Waals surface area contributed by atoms with E-state index in [4.69, 9.17) is 9.47 Å². The molecule has 0 aromatic heterocycles. The zero-order valence-electron chi connectivity index (χ0n) is 15.2. The van der Waals surface area contributed by atoms with Gasteiger partial charge in [-0.15, -0.1) is 0 Å². The summed E-state index contributed by atoms with van der Waals surface area (Å²) in [6.45, 7) is 2.96. The molecule has 6 nitrogen and oxygen atoms in total. The van der Waals surface area contributed by atoms with Crippen molar-refractivity contribution in [3.8, 4) is 11.5 Å². The van der Waals surface area contributed by atoms with Crippen molar-refractivity contribution in [2.75, 3.05) is 27.4 Å². The van der Waals surface area contributed by atoms with Crippen LogP contribution in [0.5, 0.6) is 11.5 Å². The summed E-state index contributed by atoms with van der Waals surface area (Å²) in [5, 5.41) is 0. The van der Waals surface area contributed by atoms with Crippen molar-refractivity contribution in [2.45, 2.75) is 13.5 Å². The molecule has 2 aromatic carbocycles. The average Bonchev–Trinajstić information content (AvgIpc) is 2.67. The van der Waals surface area contributed by atoms with Crippen LogP contribution in [0.2, 0.25) is 0 Å². The Labute approximate surface area is 153 Å². The van der Waals surface area contributed by atoms with E-state index in [1.165, 1.54) is 7.11 Å². The number of likely N-dealkylation sites (N-methyl/N-ethyl adjacent to an activating group) is 1. The van der Waals surface area contributed by atoms with Crippen LogP contribution >= 0.6 is 0 Å². The van der Waals surface area contributed by atoms with Gasteiger partial charge in [0, 0.05) is 13.6 Å². The standard InChI is InChI=1S/C20H23NO5/c1-4-25-17-9-5-15(6-10-17)13-21(2)19(22)14-26-18-11-7-16(8-12-18)20(23)24-3/h5-12H,4,13-14H2,1-3H3. The SMILES string of the molecule is CCOc1ccc(CN(C)C(=O)COc2ccc(C(=O)OC)cc2)cc1. The number of ether oxygens (including phenoxy) is 3. The van der Waals surface area contributed by atoms with Crippen molar-refractivity contribution in [2.24, 2.45) is 0 Å². The molecule has 0 bridgehead atoms. The number of hydrogen-bond acceptors (Lipinski definition) is 5. The van der Waals surface area contributed by atoms with Gasteiger partial charge in [-0.1, -0.05) is 12.1 Å². The second-order valence-electron chi connectivity index (χ2n) is 5.63. The molecule has 0 spiro atoms. The maximum atomic E-state index is 12.2. The van der Waals surface area contributed by atoms with E-state index in [1.54, 1.807) is 36.2 Å². The average molecular weight is 357 g/mol. The number of methoxy groups -OCH3 is 1. The molecule has 0 radical (unpaired) electrons. The van der Waals surface area contributed by atoms with E-state index in [2.05, 4.69) is 4.74 Å². The van der Waals surface area contributed by atoms with E-state index in [9.17, 15) is 9.59 Å². The van der Waals surface area contributed by atoms with Crippen molar-refractivity contribution in [3.05, 3.63) is 59.7 Å². The molecule has 138 valence electrons. The van der Waals surface area contributed by atoms with Crippen LogP contribution in [-0.2, 0) is 16.1 Å². The number of amides is 1. The van der Waals surface area contributed by atoms with E-state index >= 15 is 0 Å². The molecule has 26 heavy (non-hydrogen) atoms. The molecule has 0 unspecified atom stereocenters. The maximum Gasteiger partial charge on any atom is 0.337 e. The lowest BCUT2D eigenvalue weighted by molar-refractivity contribution is -0.132. The summed E-state index contributed by atoms with van der Waals surface area (Å²) in [6.07, 6.45) is 0. The lowest BCUT2D eigenvalue weighted by atomic mass is 10.2. The number of hydrogen-bond donors (Lipinski definition) is 0. The maximum absolute atomic E-state index is 12.2. The summed E-state index contributed by atoms with van der Waals surface area (Å²) in [7, 11) is 3.05. The number of esters is 1. The topological polar surface area (TPSA) is 65.1 Å². The van der Waals surface area contributed by atoms with Crippen LogP contribution in [-0.4, -0.2) is 44.1 Å². The molecule has 0 saturated carbocycles. The van der Waals surface area contributed by atoms with Crippen LogP contribution in [0.1, 0.15) is 22.8 Å². The highest BCUT2D eigenvalue weighted by molar-refractivity contribution is 5.89. The first-order valence-corrected chi connectivity index (χ1v) is 8.30. The van der Waals surface area contributed by atoms with Gasteiger partial charge < -0.3 is 19.1 Å². The first-order chi connectivity index (χ1) is 12.5. The lowest BCUT2D eigenvalue weighted by Gasteiger charge is -2.18. The third kappa shape index (κ3) is 5.51. The first kappa shape index (κ1) is 19.3. The monoisotopic (exact) mass is 357 g/mol. The fourth-order valence-electron chi connectivity index (χ4n) is 2.28. The van der Waals surface area contributed by atoms with Crippen molar-refractivity contribution >= 4 is 11.9 Å². The van der Waals surface area contributed by atoms with Gasteiger partial charge in [-0.3, -0.25) is 4.79 Å². The Kier molecular flexibility index (Phi) is 7.02. The molecule has 0 aliphatic heterocycles. The molecule has 1 amide bonds. The van der Waals surface area contributed by atoms with E-state index in [0.717, 1.165) is 11.3 Å². The Hall–Kier alpha value is -3.02.